The first-order valence-corrected chi connectivity index (χ1v) is 7.96. The van der Waals surface area contributed by atoms with Crippen LogP contribution in [-0.2, 0) is 10.0 Å². The Labute approximate surface area is 126 Å². The summed E-state index contributed by atoms with van der Waals surface area (Å²) < 4.78 is 51.0. The molecule has 1 aromatic heterocycles. The number of aromatic nitrogens is 1. The lowest BCUT2D eigenvalue weighted by Gasteiger charge is -2.33. The highest BCUT2D eigenvalue weighted by molar-refractivity contribution is 7.93. The molecule has 1 unspecified atom stereocenters. The smallest absolute Gasteiger partial charge is 0.271 e. The summed E-state index contributed by atoms with van der Waals surface area (Å²) >= 11 is 0. The molecule has 0 bridgehead atoms. The number of nitrogens with two attached hydrogens (primary N) is 1. The fourth-order valence-corrected chi connectivity index (χ4v) is 4.14. The number of fused-ring (bicyclic) bond motifs is 1. The summed E-state index contributed by atoms with van der Waals surface area (Å²) in [5.41, 5.74) is 5.73. The van der Waals surface area contributed by atoms with Crippen molar-refractivity contribution in [2.24, 2.45) is 0 Å². The van der Waals surface area contributed by atoms with Crippen molar-refractivity contribution in [3.05, 3.63) is 29.8 Å². The third kappa shape index (κ3) is 2.08. The Kier molecular flexibility index (Phi) is 3.24. The Hall–Kier alpha value is -2.29. The van der Waals surface area contributed by atoms with E-state index in [9.17, 15) is 12.8 Å². The van der Waals surface area contributed by atoms with Crippen molar-refractivity contribution in [1.82, 2.24) is 5.16 Å². The number of nitrogens with zero attached hydrogens (tertiary/aromatic N) is 2. The lowest BCUT2D eigenvalue weighted by molar-refractivity contribution is 0.209. The summed E-state index contributed by atoms with van der Waals surface area (Å²) in [7, 11) is -4.04. The fourth-order valence-electron chi connectivity index (χ4n) is 2.41. The first-order chi connectivity index (χ1) is 10.3. The topological polar surface area (TPSA) is 98.7 Å². The van der Waals surface area contributed by atoms with Gasteiger partial charge in [0.05, 0.1) is 12.2 Å². The molecule has 7 nitrogen and oxygen atoms in total. The summed E-state index contributed by atoms with van der Waals surface area (Å²) in [6, 6.07) is 4.10. The van der Waals surface area contributed by atoms with Gasteiger partial charge in [0, 0.05) is 0 Å². The highest BCUT2D eigenvalue weighted by Crippen LogP contribution is 2.39. The first-order valence-electron chi connectivity index (χ1n) is 6.52. The van der Waals surface area contributed by atoms with Gasteiger partial charge in [0.15, 0.2) is 28.0 Å². The van der Waals surface area contributed by atoms with Gasteiger partial charge in [-0.05, 0) is 26.0 Å². The van der Waals surface area contributed by atoms with Crippen LogP contribution in [0.25, 0.3) is 0 Å². The van der Waals surface area contributed by atoms with Crippen molar-refractivity contribution in [3.8, 4) is 5.75 Å². The molecule has 0 radical (unpaired) electrons. The van der Waals surface area contributed by atoms with Gasteiger partial charge in [-0.25, -0.2) is 12.8 Å². The maximum atomic E-state index is 13.9. The zero-order valence-corrected chi connectivity index (χ0v) is 12.7. The summed E-state index contributed by atoms with van der Waals surface area (Å²) in [5, 5.41) is 3.46. The van der Waals surface area contributed by atoms with E-state index in [1.165, 1.54) is 25.1 Å². The molecule has 0 saturated carbocycles. The van der Waals surface area contributed by atoms with Crippen LogP contribution >= 0.6 is 0 Å². The van der Waals surface area contributed by atoms with Crippen LogP contribution in [0.15, 0.2) is 27.6 Å². The van der Waals surface area contributed by atoms with Gasteiger partial charge in [0.1, 0.15) is 6.10 Å². The van der Waals surface area contributed by atoms with E-state index in [4.69, 9.17) is 15.0 Å². The highest BCUT2D eigenvalue weighted by Gasteiger charge is 2.37. The minimum absolute atomic E-state index is 0.0306. The molecule has 0 amide bonds. The molecule has 0 fully saturated rings. The lowest BCUT2D eigenvalue weighted by atomic mass is 10.2. The predicted molar refractivity (Wildman–Crippen MR) is 76.7 cm³/mol. The number of anilines is 2. The van der Waals surface area contributed by atoms with Crippen LogP contribution in [-0.4, -0.2) is 26.2 Å². The molecular formula is C13H14FN3O4S. The van der Waals surface area contributed by atoms with Gasteiger partial charge in [0.25, 0.3) is 10.0 Å². The average Bonchev–Trinajstić information content (AvgIpc) is 2.79. The number of halogens is 1. The number of rotatable bonds is 2. The lowest BCUT2D eigenvalue weighted by Crippen LogP contribution is -2.42. The largest absolute Gasteiger partial charge is 0.484 e. The van der Waals surface area contributed by atoms with Crippen LogP contribution in [0.4, 0.5) is 15.9 Å². The molecule has 22 heavy (non-hydrogen) atoms. The second-order valence-electron chi connectivity index (χ2n) is 5.01. The van der Waals surface area contributed by atoms with E-state index in [-0.39, 0.29) is 34.5 Å². The molecule has 0 spiro atoms. The quantitative estimate of drug-likeness (QED) is 0.901. The molecule has 9 heteroatoms. The van der Waals surface area contributed by atoms with Crippen LogP contribution in [0.3, 0.4) is 0 Å². The van der Waals surface area contributed by atoms with E-state index < -0.39 is 21.9 Å². The van der Waals surface area contributed by atoms with Crippen molar-refractivity contribution in [2.75, 3.05) is 16.6 Å². The molecule has 3 rings (SSSR count). The molecular weight excluding hydrogens is 313 g/mol. The number of hydrogen-bond acceptors (Lipinski definition) is 6. The fraction of sp³-hybridized carbons (Fsp3) is 0.308. The third-order valence-corrected chi connectivity index (χ3v) is 5.28. The van der Waals surface area contributed by atoms with Crippen LogP contribution in [0.5, 0.6) is 5.75 Å². The maximum Gasteiger partial charge on any atom is 0.271 e. The minimum atomic E-state index is -4.04. The standard InChI is InChI=1S/C13H14FN3O4S/c1-7-6-17(10-5-3-4-9(14)11(10)20-7)22(18,19)12-8(2)21-16-13(12)15/h3-5,7H,6H2,1-2H3,(H2,15,16). The highest BCUT2D eigenvalue weighted by atomic mass is 32.2. The summed E-state index contributed by atoms with van der Waals surface area (Å²) in [6.07, 6.45) is -0.513. The Balaban J connectivity index is 2.19. The van der Waals surface area contributed by atoms with Gasteiger partial charge >= 0.3 is 0 Å². The number of ether oxygens (including phenoxy) is 1. The molecule has 1 aliphatic rings. The number of benzene rings is 1. The van der Waals surface area contributed by atoms with Gasteiger partial charge < -0.3 is 15.0 Å². The number of hydrogen-bond donors (Lipinski definition) is 1. The number of sulfonamides is 1. The normalized spacial score (nSPS) is 18.0. The van der Waals surface area contributed by atoms with Gasteiger partial charge in [-0.15, -0.1) is 0 Å². The third-order valence-electron chi connectivity index (χ3n) is 3.34. The maximum absolute atomic E-state index is 13.9. The Morgan fingerprint density at radius 1 is 1.45 bits per heavy atom. The number of aryl methyl sites for hydroxylation is 1. The zero-order chi connectivity index (χ0) is 16.1. The molecule has 2 N–H and O–H groups in total. The SMILES string of the molecule is Cc1onc(N)c1S(=O)(=O)N1CC(C)Oc2c(F)cccc21. The van der Waals surface area contributed by atoms with Crippen LogP contribution in [0.2, 0.25) is 0 Å². The van der Waals surface area contributed by atoms with Crippen molar-refractivity contribution in [2.45, 2.75) is 24.8 Å². The van der Waals surface area contributed by atoms with E-state index in [0.717, 1.165) is 4.31 Å². The average molecular weight is 327 g/mol. The van der Waals surface area contributed by atoms with E-state index >= 15 is 0 Å². The molecule has 0 aliphatic carbocycles. The predicted octanol–water partition coefficient (Wildman–Crippen LogP) is 1.68. The van der Waals surface area contributed by atoms with Gasteiger partial charge in [0.2, 0.25) is 0 Å². The van der Waals surface area contributed by atoms with Crippen molar-refractivity contribution < 1.29 is 22.1 Å². The molecule has 1 aromatic carbocycles. The molecule has 2 aromatic rings. The Bertz CT molecular complexity index is 814. The molecule has 1 aliphatic heterocycles. The van der Waals surface area contributed by atoms with Crippen molar-refractivity contribution in [3.63, 3.8) is 0 Å². The van der Waals surface area contributed by atoms with Crippen molar-refractivity contribution >= 4 is 21.5 Å². The van der Waals surface area contributed by atoms with Crippen LogP contribution in [0.1, 0.15) is 12.7 Å². The molecule has 1 atom stereocenters. The van der Waals surface area contributed by atoms with E-state index in [1.807, 2.05) is 0 Å². The molecule has 2 heterocycles. The summed E-state index contributed by atoms with van der Waals surface area (Å²) in [6.45, 7) is 3.14. The van der Waals surface area contributed by atoms with Gasteiger partial charge in [-0.2, -0.15) is 0 Å². The number of nitrogen functional groups attached to an aromatic ring is 1. The number of para-hydroxylation sites is 1. The Morgan fingerprint density at radius 3 is 2.82 bits per heavy atom. The van der Waals surface area contributed by atoms with E-state index in [2.05, 4.69) is 5.16 Å². The van der Waals surface area contributed by atoms with E-state index in [1.54, 1.807) is 6.92 Å². The molecule has 0 saturated heterocycles. The first kappa shape index (κ1) is 14.6. The zero-order valence-electron chi connectivity index (χ0n) is 11.9. The van der Waals surface area contributed by atoms with E-state index in [0.29, 0.717) is 0 Å². The summed E-state index contributed by atoms with van der Waals surface area (Å²) in [5.74, 6) is -0.874. The van der Waals surface area contributed by atoms with Gasteiger partial charge in [-0.1, -0.05) is 11.2 Å². The minimum Gasteiger partial charge on any atom is -0.484 e. The van der Waals surface area contributed by atoms with Gasteiger partial charge in [-0.3, -0.25) is 4.31 Å². The monoisotopic (exact) mass is 327 g/mol. The van der Waals surface area contributed by atoms with Crippen LogP contribution in [0, 0.1) is 12.7 Å². The van der Waals surface area contributed by atoms with Crippen LogP contribution < -0.4 is 14.8 Å². The molecule has 118 valence electrons. The second-order valence-corrected chi connectivity index (χ2v) is 6.80. The Morgan fingerprint density at radius 2 is 2.18 bits per heavy atom. The summed E-state index contributed by atoms with van der Waals surface area (Å²) in [4.78, 5) is -0.211. The van der Waals surface area contributed by atoms with Crippen molar-refractivity contribution in [1.29, 1.82) is 0 Å². The second kappa shape index (κ2) is 4.87.